The molecule has 0 bridgehead atoms. The number of non-ortho nitro benzene ring substituents is 1. The molecule has 0 unspecified atom stereocenters. The van der Waals surface area contributed by atoms with Gasteiger partial charge in [0.2, 0.25) is 0 Å². The Hall–Kier alpha value is -3.19. The van der Waals surface area contributed by atoms with Crippen molar-refractivity contribution in [2.45, 2.75) is 72.1 Å². The van der Waals surface area contributed by atoms with Gasteiger partial charge in [-0.1, -0.05) is 40.0 Å². The van der Waals surface area contributed by atoms with E-state index in [-0.39, 0.29) is 11.5 Å². The second-order valence-electron chi connectivity index (χ2n) is 9.67. The third-order valence-electron chi connectivity index (χ3n) is 6.74. The maximum atomic E-state index is 13.6. The van der Waals surface area contributed by atoms with E-state index in [0.717, 1.165) is 62.3 Å². The maximum absolute atomic E-state index is 13.6. The molecule has 0 atom stereocenters. The number of carbonyl (C=O) groups is 1. The number of hydrogen-bond acceptors (Lipinski definition) is 5. The van der Waals surface area contributed by atoms with Gasteiger partial charge in [-0.25, -0.2) is 0 Å². The standard InChI is InChI=1S/C30H41N3O4/c1-4-7-11-28-29(26-22-24(33(35)36)14-17-27(26)31-28)30(34)23-12-15-25(16-13-23)37-21-10-20-32(18-8-5-2)19-9-6-3/h12-17,22,31H,4-11,18-21H2,1-3H3. The number of nitro groups is 1. The number of hydrogen-bond donors (Lipinski definition) is 1. The molecule has 1 heterocycles. The molecule has 7 nitrogen and oxygen atoms in total. The number of ether oxygens (including phenoxy) is 1. The lowest BCUT2D eigenvalue weighted by atomic mass is 9.98. The van der Waals surface area contributed by atoms with E-state index in [1.54, 1.807) is 18.2 Å². The summed E-state index contributed by atoms with van der Waals surface area (Å²) in [6.45, 7) is 10.5. The average molecular weight is 508 g/mol. The predicted molar refractivity (Wildman–Crippen MR) is 150 cm³/mol. The first-order valence-electron chi connectivity index (χ1n) is 13.8. The molecule has 0 saturated heterocycles. The highest BCUT2D eigenvalue weighted by molar-refractivity contribution is 6.17. The summed E-state index contributed by atoms with van der Waals surface area (Å²) >= 11 is 0. The van der Waals surface area contributed by atoms with E-state index in [1.165, 1.54) is 37.8 Å². The normalized spacial score (nSPS) is 11.4. The second kappa shape index (κ2) is 14.5. The molecule has 1 aromatic heterocycles. The molecule has 3 aromatic rings. The number of carbonyl (C=O) groups excluding carboxylic acids is 1. The van der Waals surface area contributed by atoms with Gasteiger partial charge in [0.05, 0.1) is 17.1 Å². The summed E-state index contributed by atoms with van der Waals surface area (Å²) in [6.07, 6.45) is 8.46. The lowest BCUT2D eigenvalue weighted by Gasteiger charge is -2.21. The van der Waals surface area contributed by atoms with Crippen LogP contribution in [0.15, 0.2) is 42.5 Å². The smallest absolute Gasteiger partial charge is 0.270 e. The van der Waals surface area contributed by atoms with Gasteiger partial charge in [-0.2, -0.15) is 0 Å². The third kappa shape index (κ3) is 7.89. The van der Waals surface area contributed by atoms with Gasteiger partial charge in [0.1, 0.15) is 5.75 Å². The molecular weight excluding hydrogens is 466 g/mol. The van der Waals surface area contributed by atoms with E-state index >= 15 is 0 Å². The number of nitrogens with one attached hydrogen (secondary N) is 1. The first-order valence-corrected chi connectivity index (χ1v) is 13.8. The Balaban J connectivity index is 1.68. The van der Waals surface area contributed by atoms with E-state index < -0.39 is 4.92 Å². The van der Waals surface area contributed by atoms with Crippen molar-refractivity contribution in [3.8, 4) is 5.75 Å². The number of rotatable bonds is 17. The van der Waals surface area contributed by atoms with Crippen molar-refractivity contribution in [1.82, 2.24) is 9.88 Å². The maximum Gasteiger partial charge on any atom is 0.270 e. The number of nitrogens with zero attached hydrogens (tertiary/aromatic N) is 2. The summed E-state index contributed by atoms with van der Waals surface area (Å²) in [7, 11) is 0. The summed E-state index contributed by atoms with van der Waals surface area (Å²) in [4.78, 5) is 30.3. The van der Waals surface area contributed by atoms with Crippen LogP contribution in [0.5, 0.6) is 5.75 Å². The van der Waals surface area contributed by atoms with Crippen LogP contribution in [-0.2, 0) is 6.42 Å². The van der Waals surface area contributed by atoms with Crippen LogP contribution in [0.2, 0.25) is 0 Å². The zero-order valence-electron chi connectivity index (χ0n) is 22.6. The van der Waals surface area contributed by atoms with E-state index in [1.807, 2.05) is 12.1 Å². The number of H-pyrrole nitrogens is 1. The first-order chi connectivity index (χ1) is 18.0. The number of benzene rings is 2. The molecule has 0 amide bonds. The molecule has 0 aliphatic carbocycles. The van der Waals surface area contributed by atoms with Gasteiger partial charge in [-0.15, -0.1) is 0 Å². The molecule has 0 fully saturated rings. The highest BCUT2D eigenvalue weighted by Gasteiger charge is 2.21. The molecule has 3 rings (SSSR count). The number of unbranched alkanes of at least 4 members (excludes halogenated alkanes) is 3. The Morgan fingerprint density at radius 2 is 1.57 bits per heavy atom. The van der Waals surface area contributed by atoms with E-state index in [0.29, 0.717) is 23.1 Å². The number of aromatic amines is 1. The van der Waals surface area contributed by atoms with Crippen LogP contribution in [0.1, 0.15) is 87.3 Å². The minimum absolute atomic E-state index is 0.0192. The average Bonchev–Trinajstić information content (AvgIpc) is 3.28. The Morgan fingerprint density at radius 3 is 2.19 bits per heavy atom. The van der Waals surface area contributed by atoms with Crippen LogP contribution in [0.3, 0.4) is 0 Å². The van der Waals surface area contributed by atoms with Crippen LogP contribution < -0.4 is 4.74 Å². The molecule has 0 saturated carbocycles. The quantitative estimate of drug-likeness (QED) is 0.0895. The number of aromatic nitrogens is 1. The van der Waals surface area contributed by atoms with Crippen molar-refractivity contribution in [2.75, 3.05) is 26.2 Å². The fraction of sp³-hybridized carbons (Fsp3) is 0.500. The van der Waals surface area contributed by atoms with Gasteiger partial charge in [0, 0.05) is 40.8 Å². The van der Waals surface area contributed by atoms with Crippen LogP contribution in [0, 0.1) is 10.1 Å². The topological polar surface area (TPSA) is 88.5 Å². The molecule has 0 spiro atoms. The molecule has 37 heavy (non-hydrogen) atoms. The fourth-order valence-electron chi connectivity index (χ4n) is 4.57. The van der Waals surface area contributed by atoms with Crippen LogP contribution >= 0.6 is 0 Å². The number of fused-ring (bicyclic) bond motifs is 1. The van der Waals surface area contributed by atoms with E-state index in [2.05, 4.69) is 30.7 Å². The van der Waals surface area contributed by atoms with Gasteiger partial charge in [-0.05, 0) is 75.5 Å². The molecule has 7 heteroatoms. The van der Waals surface area contributed by atoms with Gasteiger partial charge in [0.15, 0.2) is 5.78 Å². The number of ketones is 1. The summed E-state index contributed by atoms with van der Waals surface area (Å²) in [6, 6.07) is 11.9. The van der Waals surface area contributed by atoms with Gasteiger partial charge < -0.3 is 14.6 Å². The Labute approximate surface area is 220 Å². The highest BCUT2D eigenvalue weighted by Crippen LogP contribution is 2.30. The molecule has 2 aromatic carbocycles. The van der Waals surface area contributed by atoms with E-state index in [9.17, 15) is 14.9 Å². The van der Waals surface area contributed by atoms with Crippen molar-refractivity contribution >= 4 is 22.4 Å². The Kier molecular flexibility index (Phi) is 11.1. The van der Waals surface area contributed by atoms with Crippen molar-refractivity contribution in [3.63, 3.8) is 0 Å². The van der Waals surface area contributed by atoms with Gasteiger partial charge >= 0.3 is 0 Å². The number of aryl methyl sites for hydroxylation is 1. The minimum Gasteiger partial charge on any atom is -0.494 e. The SMILES string of the molecule is CCCCc1[nH]c2ccc([N+](=O)[O-])cc2c1C(=O)c1ccc(OCCCN(CCCC)CCCC)cc1. The lowest BCUT2D eigenvalue weighted by molar-refractivity contribution is -0.384. The third-order valence-corrected chi connectivity index (χ3v) is 6.74. The van der Waals surface area contributed by atoms with Crippen molar-refractivity contribution in [1.29, 1.82) is 0 Å². The van der Waals surface area contributed by atoms with Gasteiger partial charge in [0.25, 0.3) is 5.69 Å². The van der Waals surface area contributed by atoms with E-state index in [4.69, 9.17) is 4.74 Å². The minimum atomic E-state index is -0.425. The molecule has 1 N–H and O–H groups in total. The zero-order chi connectivity index (χ0) is 26.6. The van der Waals surface area contributed by atoms with Crippen molar-refractivity contribution in [3.05, 3.63) is 69.4 Å². The summed E-state index contributed by atoms with van der Waals surface area (Å²) in [5.74, 6) is 0.609. The molecule has 200 valence electrons. The number of nitro benzene ring substituents is 1. The Bertz CT molecular complexity index is 1150. The lowest BCUT2D eigenvalue weighted by Crippen LogP contribution is -2.28. The fourth-order valence-corrected chi connectivity index (χ4v) is 4.57. The summed E-state index contributed by atoms with van der Waals surface area (Å²) < 4.78 is 5.96. The van der Waals surface area contributed by atoms with Gasteiger partial charge in [-0.3, -0.25) is 14.9 Å². The van der Waals surface area contributed by atoms with Crippen molar-refractivity contribution < 1.29 is 14.5 Å². The zero-order valence-corrected chi connectivity index (χ0v) is 22.6. The molecular formula is C30H41N3O4. The largest absolute Gasteiger partial charge is 0.494 e. The molecule has 0 aliphatic rings. The summed E-state index contributed by atoms with van der Waals surface area (Å²) in [5, 5.41) is 11.9. The van der Waals surface area contributed by atoms with Crippen LogP contribution in [-0.4, -0.2) is 46.8 Å². The predicted octanol–water partition coefficient (Wildman–Crippen LogP) is 7.32. The molecule has 0 aliphatic heterocycles. The monoisotopic (exact) mass is 507 g/mol. The Morgan fingerprint density at radius 1 is 0.919 bits per heavy atom. The van der Waals surface area contributed by atoms with Crippen LogP contribution in [0.4, 0.5) is 5.69 Å². The highest BCUT2D eigenvalue weighted by atomic mass is 16.6. The van der Waals surface area contributed by atoms with Crippen molar-refractivity contribution in [2.24, 2.45) is 0 Å². The summed E-state index contributed by atoms with van der Waals surface area (Å²) in [5.41, 5.74) is 2.63. The van der Waals surface area contributed by atoms with Crippen LogP contribution in [0.25, 0.3) is 10.9 Å². The molecule has 0 radical (unpaired) electrons. The first kappa shape index (κ1) is 28.4. The second-order valence-corrected chi connectivity index (χ2v) is 9.67.